The monoisotopic (exact) mass is 596 g/mol. The smallest absolute Gasteiger partial charge is 0.338 e. The van der Waals surface area contributed by atoms with E-state index in [9.17, 15) is 22.0 Å². The standard InChI is InChI=1S/C24H23ClF2N6O4S2/c1-2-37-24(34)17-20(13-5-8-33(9-6-13)39(35,36)14-11-29-30-12-14)31-22(23-28-7-10-38-23)32-21(17)15-3-4-16(26)19(27)18(15)25/h3-4,7,10-13,21H,2,5-6,8-9H2,1H3,(H,29,30)(H,31,32). The van der Waals surface area contributed by atoms with Crippen molar-refractivity contribution in [3.63, 3.8) is 0 Å². The average Bonchev–Trinajstić information content (AvgIpc) is 3.67. The minimum absolute atomic E-state index is 0.0643. The number of esters is 1. The molecular formula is C24H23ClF2N6O4S2. The van der Waals surface area contributed by atoms with Crippen LogP contribution in [0.15, 0.2) is 57.3 Å². The minimum Gasteiger partial charge on any atom is -0.463 e. The molecule has 39 heavy (non-hydrogen) atoms. The Morgan fingerprint density at radius 2 is 2.05 bits per heavy atom. The van der Waals surface area contributed by atoms with E-state index in [0.29, 0.717) is 29.4 Å². The minimum atomic E-state index is -3.74. The molecule has 10 nitrogen and oxygen atoms in total. The second-order valence-corrected chi connectivity index (χ2v) is 12.0. The summed E-state index contributed by atoms with van der Waals surface area (Å²) in [5, 5.41) is 11.2. The van der Waals surface area contributed by atoms with Gasteiger partial charge in [-0.05, 0) is 25.8 Å². The number of carbonyl (C=O) groups excluding carboxylic acids is 1. The van der Waals surface area contributed by atoms with Crippen LogP contribution in [0.25, 0.3) is 0 Å². The molecule has 0 saturated carbocycles. The van der Waals surface area contributed by atoms with E-state index in [1.807, 2.05) is 0 Å². The number of hydrogen-bond donors (Lipinski definition) is 2. The fraction of sp³-hybridized carbons (Fsp3) is 0.333. The predicted octanol–water partition coefficient (Wildman–Crippen LogP) is 3.81. The number of hydrogen-bond acceptors (Lipinski definition) is 9. The molecule has 3 aromatic rings. The van der Waals surface area contributed by atoms with Crippen LogP contribution in [0, 0.1) is 17.6 Å². The van der Waals surface area contributed by atoms with Crippen LogP contribution >= 0.6 is 22.9 Å². The lowest BCUT2D eigenvalue weighted by atomic mass is 9.86. The third-order valence-electron chi connectivity index (χ3n) is 6.54. The van der Waals surface area contributed by atoms with Crippen LogP contribution in [0.4, 0.5) is 8.78 Å². The summed E-state index contributed by atoms with van der Waals surface area (Å²) in [6.45, 7) is 2.08. The van der Waals surface area contributed by atoms with E-state index in [4.69, 9.17) is 16.3 Å². The van der Waals surface area contributed by atoms with Crippen molar-refractivity contribution in [1.29, 1.82) is 0 Å². The number of aliphatic imine (C=N–C) groups is 1. The highest BCUT2D eigenvalue weighted by Gasteiger charge is 2.39. The molecule has 1 saturated heterocycles. The number of ether oxygens (including phenoxy) is 1. The fourth-order valence-corrected chi connectivity index (χ4v) is 6.88. The lowest BCUT2D eigenvalue weighted by molar-refractivity contribution is -0.139. The Bertz CT molecular complexity index is 1540. The molecule has 2 aliphatic rings. The molecule has 2 N–H and O–H groups in total. The van der Waals surface area contributed by atoms with Crippen molar-refractivity contribution in [3.05, 3.63) is 74.6 Å². The Morgan fingerprint density at radius 3 is 2.69 bits per heavy atom. The second kappa shape index (κ2) is 11.1. The fourth-order valence-electron chi connectivity index (χ4n) is 4.66. The summed E-state index contributed by atoms with van der Waals surface area (Å²) in [7, 11) is -3.74. The SMILES string of the molecule is CCOC(=O)C1=C(C2CCN(S(=O)(=O)c3cn[nH]c3)CC2)NC(c2nccs2)=NC1c1ccc(F)c(F)c1Cl. The summed E-state index contributed by atoms with van der Waals surface area (Å²) in [4.78, 5) is 22.4. The Kier molecular flexibility index (Phi) is 7.80. The topological polar surface area (TPSA) is 130 Å². The summed E-state index contributed by atoms with van der Waals surface area (Å²) in [5.41, 5.74) is 0.646. The maximum Gasteiger partial charge on any atom is 0.338 e. The first kappa shape index (κ1) is 27.4. The molecule has 5 rings (SSSR count). The van der Waals surface area contributed by atoms with Gasteiger partial charge in [0.2, 0.25) is 10.0 Å². The quantitative estimate of drug-likeness (QED) is 0.313. The van der Waals surface area contributed by atoms with Crippen molar-refractivity contribution in [1.82, 2.24) is 24.8 Å². The van der Waals surface area contributed by atoms with E-state index < -0.39 is 38.7 Å². The number of allylic oxidation sites excluding steroid dienone is 1. The zero-order valence-electron chi connectivity index (χ0n) is 20.5. The molecule has 2 aliphatic heterocycles. The number of thiazole rings is 1. The van der Waals surface area contributed by atoms with Crippen molar-refractivity contribution >= 4 is 44.8 Å². The van der Waals surface area contributed by atoms with Gasteiger partial charge in [-0.15, -0.1) is 11.3 Å². The summed E-state index contributed by atoms with van der Waals surface area (Å²) >= 11 is 7.53. The number of halogens is 3. The number of nitrogens with zero attached hydrogens (tertiary/aromatic N) is 4. The van der Waals surface area contributed by atoms with Crippen LogP contribution in [0.1, 0.15) is 36.4 Å². The molecule has 0 aliphatic carbocycles. The normalized spacial score (nSPS) is 19.1. The molecule has 206 valence electrons. The molecule has 2 aromatic heterocycles. The van der Waals surface area contributed by atoms with Crippen molar-refractivity contribution < 1.29 is 26.7 Å². The number of benzene rings is 1. The number of nitrogens with one attached hydrogen (secondary N) is 2. The molecule has 15 heteroatoms. The third kappa shape index (κ3) is 5.21. The van der Waals surface area contributed by atoms with Crippen LogP contribution in [-0.2, 0) is 19.6 Å². The zero-order valence-corrected chi connectivity index (χ0v) is 22.9. The van der Waals surface area contributed by atoms with Crippen LogP contribution < -0.4 is 5.32 Å². The van der Waals surface area contributed by atoms with Crippen molar-refractivity contribution in [2.24, 2.45) is 10.9 Å². The van der Waals surface area contributed by atoms with Gasteiger partial charge in [-0.2, -0.15) is 9.40 Å². The van der Waals surface area contributed by atoms with E-state index >= 15 is 0 Å². The predicted molar refractivity (Wildman–Crippen MR) is 140 cm³/mol. The molecule has 1 unspecified atom stereocenters. The van der Waals surface area contributed by atoms with Crippen LogP contribution in [0.5, 0.6) is 0 Å². The Balaban J connectivity index is 1.56. The molecule has 1 fully saturated rings. The first-order valence-electron chi connectivity index (χ1n) is 12.0. The van der Waals surface area contributed by atoms with Gasteiger partial charge in [0.1, 0.15) is 10.9 Å². The second-order valence-electron chi connectivity index (χ2n) is 8.77. The van der Waals surface area contributed by atoms with Crippen molar-refractivity contribution in [2.75, 3.05) is 19.7 Å². The van der Waals surface area contributed by atoms with E-state index in [2.05, 4.69) is 25.5 Å². The Hall–Kier alpha value is -3.20. The number of rotatable bonds is 7. The lowest BCUT2D eigenvalue weighted by Crippen LogP contribution is -2.43. The van der Waals surface area contributed by atoms with Gasteiger partial charge in [0.15, 0.2) is 22.5 Å². The lowest BCUT2D eigenvalue weighted by Gasteiger charge is -2.36. The van der Waals surface area contributed by atoms with Gasteiger partial charge in [-0.25, -0.2) is 27.0 Å². The van der Waals surface area contributed by atoms with Crippen molar-refractivity contribution in [3.8, 4) is 0 Å². The third-order valence-corrected chi connectivity index (χ3v) is 9.57. The first-order valence-corrected chi connectivity index (χ1v) is 14.7. The summed E-state index contributed by atoms with van der Waals surface area (Å²) in [6.07, 6.45) is 4.89. The van der Waals surface area contributed by atoms with Gasteiger partial charge in [0, 0.05) is 48.0 Å². The van der Waals surface area contributed by atoms with Gasteiger partial charge >= 0.3 is 5.97 Å². The molecule has 0 amide bonds. The molecule has 0 spiro atoms. The molecule has 4 heterocycles. The first-order chi connectivity index (χ1) is 18.7. The Morgan fingerprint density at radius 1 is 1.28 bits per heavy atom. The van der Waals surface area contributed by atoms with Crippen LogP contribution in [0.3, 0.4) is 0 Å². The highest BCUT2D eigenvalue weighted by Crippen LogP contribution is 2.41. The number of aromatic amines is 1. The van der Waals surface area contributed by atoms with E-state index in [1.54, 1.807) is 18.5 Å². The average molecular weight is 597 g/mol. The maximum atomic E-state index is 14.5. The summed E-state index contributed by atoms with van der Waals surface area (Å²) < 4.78 is 61.1. The zero-order chi connectivity index (χ0) is 27.7. The molecule has 0 radical (unpaired) electrons. The summed E-state index contributed by atoms with van der Waals surface area (Å²) in [6, 6.07) is 1.10. The number of amidine groups is 1. The van der Waals surface area contributed by atoms with E-state index in [0.717, 1.165) is 6.07 Å². The van der Waals surface area contributed by atoms with Gasteiger partial charge in [0.25, 0.3) is 0 Å². The number of aromatic nitrogens is 3. The van der Waals surface area contributed by atoms with E-state index in [1.165, 1.54) is 34.1 Å². The van der Waals surface area contributed by atoms with Crippen LogP contribution in [-0.4, -0.2) is 59.4 Å². The molecule has 1 aromatic carbocycles. The van der Waals surface area contributed by atoms with Crippen molar-refractivity contribution in [2.45, 2.75) is 30.7 Å². The maximum absolute atomic E-state index is 14.5. The highest BCUT2D eigenvalue weighted by molar-refractivity contribution is 7.89. The highest BCUT2D eigenvalue weighted by atomic mass is 35.5. The Labute approximate surface area is 231 Å². The van der Waals surface area contributed by atoms with Crippen LogP contribution in [0.2, 0.25) is 5.02 Å². The van der Waals surface area contributed by atoms with Gasteiger partial charge in [0.05, 0.1) is 23.4 Å². The number of sulfonamides is 1. The number of H-pyrrole nitrogens is 1. The molecule has 0 bridgehead atoms. The number of piperidine rings is 1. The molecule has 1 atom stereocenters. The number of carbonyl (C=O) groups is 1. The van der Waals surface area contributed by atoms with E-state index in [-0.39, 0.29) is 41.6 Å². The largest absolute Gasteiger partial charge is 0.463 e. The van der Waals surface area contributed by atoms with Gasteiger partial charge < -0.3 is 10.1 Å². The summed E-state index contributed by atoms with van der Waals surface area (Å²) in [5.74, 6) is -3.05. The van der Waals surface area contributed by atoms with Gasteiger partial charge in [-0.1, -0.05) is 17.7 Å². The molecular weight excluding hydrogens is 574 g/mol. The van der Waals surface area contributed by atoms with Gasteiger partial charge in [-0.3, -0.25) is 10.1 Å².